The Labute approximate surface area is 67.2 Å². The van der Waals surface area contributed by atoms with E-state index < -0.39 is 5.72 Å². The van der Waals surface area contributed by atoms with E-state index in [-0.39, 0.29) is 5.97 Å². The van der Waals surface area contributed by atoms with Crippen LogP contribution in [0.2, 0.25) is 0 Å². The first-order chi connectivity index (χ1) is 4.98. The molecular formula is C8H15NO2. The van der Waals surface area contributed by atoms with Gasteiger partial charge in [0.15, 0.2) is 5.72 Å². The van der Waals surface area contributed by atoms with Crippen LogP contribution in [0.4, 0.5) is 0 Å². The van der Waals surface area contributed by atoms with E-state index in [1.54, 1.807) is 6.92 Å². The van der Waals surface area contributed by atoms with Crippen LogP contribution in [0.25, 0.3) is 0 Å². The molecule has 0 radical (unpaired) electrons. The Morgan fingerprint density at radius 2 is 2.27 bits per heavy atom. The summed E-state index contributed by atoms with van der Waals surface area (Å²) in [6, 6.07) is 0. The van der Waals surface area contributed by atoms with Gasteiger partial charge < -0.3 is 4.74 Å². The highest BCUT2D eigenvalue weighted by atomic mass is 16.6. The second kappa shape index (κ2) is 4.13. The Balaban J connectivity index is 3.89. The van der Waals surface area contributed by atoms with Gasteiger partial charge in [-0.3, -0.25) is 10.5 Å². The second-order valence-electron chi connectivity index (χ2n) is 2.68. The van der Waals surface area contributed by atoms with Gasteiger partial charge >= 0.3 is 5.97 Å². The normalized spacial score (nSPS) is 16.4. The van der Waals surface area contributed by atoms with E-state index in [2.05, 4.69) is 0 Å². The monoisotopic (exact) mass is 157 g/mol. The lowest BCUT2D eigenvalue weighted by Crippen LogP contribution is -2.40. The van der Waals surface area contributed by atoms with Crippen LogP contribution in [-0.4, -0.2) is 11.7 Å². The third-order valence-corrected chi connectivity index (χ3v) is 1.14. The zero-order chi connectivity index (χ0) is 8.91. The molecular weight excluding hydrogens is 142 g/mol. The lowest BCUT2D eigenvalue weighted by molar-refractivity contribution is -0.154. The van der Waals surface area contributed by atoms with Gasteiger partial charge in [-0.1, -0.05) is 12.2 Å². The third kappa shape index (κ3) is 5.61. The van der Waals surface area contributed by atoms with Crippen molar-refractivity contribution in [3.05, 3.63) is 12.2 Å². The Morgan fingerprint density at radius 3 is 2.64 bits per heavy atom. The van der Waals surface area contributed by atoms with Gasteiger partial charge in [-0.15, -0.1) is 0 Å². The third-order valence-electron chi connectivity index (χ3n) is 1.14. The lowest BCUT2D eigenvalue weighted by atomic mass is 10.2. The highest BCUT2D eigenvalue weighted by Gasteiger charge is 2.19. The average molecular weight is 157 g/mol. The Bertz CT molecular complexity index is 161. The summed E-state index contributed by atoms with van der Waals surface area (Å²) in [6.07, 6.45) is 4.28. The molecule has 1 unspecified atom stereocenters. The molecule has 0 bridgehead atoms. The quantitative estimate of drug-likeness (QED) is 0.380. The molecule has 0 aromatic carbocycles. The van der Waals surface area contributed by atoms with Crippen molar-refractivity contribution < 1.29 is 9.53 Å². The number of carbonyl (C=O) groups is 1. The summed E-state index contributed by atoms with van der Waals surface area (Å²) >= 11 is 0. The zero-order valence-corrected chi connectivity index (χ0v) is 7.26. The maximum Gasteiger partial charge on any atom is 0.304 e. The molecule has 0 aromatic rings. The van der Waals surface area contributed by atoms with Crippen LogP contribution < -0.4 is 5.73 Å². The first-order valence-electron chi connectivity index (χ1n) is 3.57. The molecule has 0 saturated heterocycles. The van der Waals surface area contributed by atoms with Gasteiger partial charge in [0.05, 0.1) is 0 Å². The fraction of sp³-hybridized carbons (Fsp3) is 0.625. The number of hydrogen-bond donors (Lipinski definition) is 1. The molecule has 0 rings (SSSR count). The molecule has 0 aromatic heterocycles. The summed E-state index contributed by atoms with van der Waals surface area (Å²) in [7, 11) is 0. The molecule has 11 heavy (non-hydrogen) atoms. The molecule has 0 aliphatic rings. The summed E-state index contributed by atoms with van der Waals surface area (Å²) in [5, 5.41) is 0. The smallest absolute Gasteiger partial charge is 0.304 e. The number of allylic oxidation sites excluding steroid dienone is 1. The summed E-state index contributed by atoms with van der Waals surface area (Å²) in [6.45, 7) is 4.92. The topological polar surface area (TPSA) is 52.3 Å². The molecule has 0 aliphatic carbocycles. The van der Waals surface area contributed by atoms with E-state index in [9.17, 15) is 4.79 Å². The van der Waals surface area contributed by atoms with Crippen molar-refractivity contribution in [2.24, 2.45) is 5.73 Å². The second-order valence-corrected chi connectivity index (χ2v) is 2.68. The molecule has 0 saturated carbocycles. The summed E-state index contributed by atoms with van der Waals surface area (Å²) in [5.74, 6) is -0.348. The number of esters is 1. The molecule has 0 fully saturated rings. The van der Waals surface area contributed by atoms with Crippen molar-refractivity contribution in [2.75, 3.05) is 0 Å². The van der Waals surface area contributed by atoms with E-state index in [0.717, 1.165) is 0 Å². The minimum atomic E-state index is -0.863. The van der Waals surface area contributed by atoms with Crippen molar-refractivity contribution in [1.29, 1.82) is 0 Å². The van der Waals surface area contributed by atoms with E-state index in [0.29, 0.717) is 6.42 Å². The Kier molecular flexibility index (Phi) is 3.82. The fourth-order valence-electron chi connectivity index (χ4n) is 0.722. The van der Waals surface area contributed by atoms with E-state index in [1.807, 2.05) is 19.1 Å². The first-order valence-corrected chi connectivity index (χ1v) is 3.57. The molecule has 1 atom stereocenters. The van der Waals surface area contributed by atoms with Crippen LogP contribution in [0.15, 0.2) is 12.2 Å². The van der Waals surface area contributed by atoms with Crippen LogP contribution in [0.5, 0.6) is 0 Å². The SMILES string of the molecule is CC=CCC(C)(N)OC(C)=O. The minimum absolute atomic E-state index is 0.348. The maximum absolute atomic E-state index is 10.5. The van der Waals surface area contributed by atoms with Gasteiger partial charge in [-0.2, -0.15) is 0 Å². The van der Waals surface area contributed by atoms with Crippen LogP contribution in [-0.2, 0) is 9.53 Å². The molecule has 0 heterocycles. The van der Waals surface area contributed by atoms with Crippen molar-refractivity contribution in [3.8, 4) is 0 Å². The van der Waals surface area contributed by atoms with Crippen molar-refractivity contribution in [3.63, 3.8) is 0 Å². The summed E-state index contributed by atoms with van der Waals surface area (Å²) < 4.78 is 4.83. The summed E-state index contributed by atoms with van der Waals surface area (Å²) in [4.78, 5) is 10.5. The van der Waals surface area contributed by atoms with E-state index >= 15 is 0 Å². The van der Waals surface area contributed by atoms with Crippen molar-refractivity contribution >= 4 is 5.97 Å². The predicted octanol–water partition coefficient (Wildman–Crippen LogP) is 1.19. The van der Waals surface area contributed by atoms with Gasteiger partial charge in [0.2, 0.25) is 0 Å². The Hall–Kier alpha value is -0.830. The van der Waals surface area contributed by atoms with Crippen LogP contribution in [0, 0.1) is 0 Å². The molecule has 64 valence electrons. The molecule has 3 nitrogen and oxygen atoms in total. The highest BCUT2D eigenvalue weighted by Crippen LogP contribution is 2.08. The zero-order valence-electron chi connectivity index (χ0n) is 7.26. The minimum Gasteiger partial charge on any atom is -0.444 e. The molecule has 0 aliphatic heterocycles. The highest BCUT2D eigenvalue weighted by molar-refractivity contribution is 5.66. The number of ether oxygens (including phenoxy) is 1. The summed E-state index contributed by atoms with van der Waals surface area (Å²) in [5.41, 5.74) is 4.75. The maximum atomic E-state index is 10.5. The van der Waals surface area contributed by atoms with Gasteiger partial charge in [-0.05, 0) is 13.8 Å². The van der Waals surface area contributed by atoms with Crippen molar-refractivity contribution in [2.45, 2.75) is 32.9 Å². The lowest BCUT2D eigenvalue weighted by Gasteiger charge is -2.22. The standard InChI is InChI=1S/C8H15NO2/c1-4-5-6-8(3,9)11-7(2)10/h4-5H,6,9H2,1-3H3. The number of hydrogen-bond acceptors (Lipinski definition) is 3. The molecule has 0 amide bonds. The average Bonchev–Trinajstić information content (AvgIpc) is 1.81. The first kappa shape index (κ1) is 10.2. The predicted molar refractivity (Wildman–Crippen MR) is 43.8 cm³/mol. The molecule has 2 N–H and O–H groups in total. The van der Waals surface area contributed by atoms with E-state index in [4.69, 9.17) is 10.5 Å². The van der Waals surface area contributed by atoms with Gasteiger partial charge in [-0.25, -0.2) is 0 Å². The molecule has 3 heteroatoms. The van der Waals surface area contributed by atoms with E-state index in [1.165, 1.54) is 6.92 Å². The van der Waals surface area contributed by atoms with Crippen molar-refractivity contribution in [1.82, 2.24) is 0 Å². The van der Waals surface area contributed by atoms with Crippen LogP contribution in [0.1, 0.15) is 27.2 Å². The Morgan fingerprint density at radius 1 is 1.73 bits per heavy atom. The van der Waals surface area contributed by atoms with Gasteiger partial charge in [0.1, 0.15) is 0 Å². The number of carbonyl (C=O) groups excluding carboxylic acids is 1. The van der Waals surface area contributed by atoms with Gasteiger partial charge in [0, 0.05) is 13.3 Å². The van der Waals surface area contributed by atoms with Crippen LogP contribution in [0.3, 0.4) is 0 Å². The largest absolute Gasteiger partial charge is 0.444 e. The van der Waals surface area contributed by atoms with Gasteiger partial charge in [0.25, 0.3) is 0 Å². The number of nitrogens with two attached hydrogens (primary N) is 1. The molecule has 0 spiro atoms. The van der Waals surface area contributed by atoms with Crippen LogP contribution >= 0.6 is 0 Å². The number of rotatable bonds is 3. The fourth-order valence-corrected chi connectivity index (χ4v) is 0.722.